The second-order valence-electron chi connectivity index (χ2n) is 7.87. The van der Waals surface area contributed by atoms with E-state index in [0.29, 0.717) is 10.3 Å². The molecule has 0 nitrogen and oxygen atoms in total. The molecule has 1 rings (SSSR count). The van der Waals surface area contributed by atoms with Gasteiger partial charge in [-0.2, -0.15) is 0 Å². The fourth-order valence-corrected chi connectivity index (χ4v) is 12.2. The maximum absolute atomic E-state index is 2.53. The minimum atomic E-state index is -0.885. The Morgan fingerprint density at radius 1 is 0.941 bits per heavy atom. The molecule has 102 valence electrons. The normalized spacial score (nSPS) is 19.2. The highest BCUT2D eigenvalue weighted by atomic mass is 31.2. The summed E-state index contributed by atoms with van der Waals surface area (Å²) >= 11 is 0. The van der Waals surface area contributed by atoms with Crippen LogP contribution in [0, 0.1) is 0 Å². The Morgan fingerprint density at radius 3 is 1.65 bits per heavy atom. The lowest BCUT2D eigenvalue weighted by atomic mass is 10.00. The van der Waals surface area contributed by atoms with Gasteiger partial charge in [-0.25, -0.2) is 0 Å². The third-order valence-electron chi connectivity index (χ3n) is 4.96. The molecular formula is C16H34P+. The topological polar surface area (TPSA) is 0 Å². The van der Waals surface area contributed by atoms with Gasteiger partial charge in [0.2, 0.25) is 0 Å². The molecule has 17 heavy (non-hydrogen) atoms. The molecule has 0 bridgehead atoms. The lowest BCUT2D eigenvalue weighted by Crippen LogP contribution is -2.44. The largest absolute Gasteiger partial charge is 0.0723 e. The van der Waals surface area contributed by atoms with Crippen molar-refractivity contribution in [2.45, 2.75) is 96.5 Å². The summed E-state index contributed by atoms with van der Waals surface area (Å²) in [6.45, 7) is 17.5. The number of unbranched alkanes of at least 4 members (excludes halogenated alkanes) is 1. The first kappa shape index (κ1) is 15.5. The molecule has 0 heterocycles. The first-order valence-corrected chi connectivity index (χ1v) is 9.59. The molecule has 1 aliphatic rings. The van der Waals surface area contributed by atoms with Crippen LogP contribution >= 0.6 is 7.26 Å². The van der Waals surface area contributed by atoms with Gasteiger partial charge >= 0.3 is 0 Å². The number of rotatable bonds is 4. The van der Waals surface area contributed by atoms with Crippen LogP contribution in [0.5, 0.6) is 0 Å². The molecule has 0 aromatic carbocycles. The van der Waals surface area contributed by atoms with E-state index in [1.54, 1.807) is 0 Å². The Kier molecular flexibility index (Phi) is 4.74. The minimum absolute atomic E-state index is 0.533. The van der Waals surface area contributed by atoms with Crippen LogP contribution in [0.1, 0.15) is 80.6 Å². The lowest BCUT2D eigenvalue weighted by Gasteiger charge is -2.54. The van der Waals surface area contributed by atoms with Gasteiger partial charge in [-0.05, 0) is 67.2 Å². The van der Waals surface area contributed by atoms with Crippen LogP contribution in [0.3, 0.4) is 0 Å². The van der Waals surface area contributed by atoms with Gasteiger partial charge in [0.05, 0.1) is 22.1 Å². The molecule has 1 saturated carbocycles. The van der Waals surface area contributed by atoms with Gasteiger partial charge in [0.15, 0.2) is 0 Å². The molecule has 0 saturated heterocycles. The van der Waals surface area contributed by atoms with E-state index in [1.165, 1.54) is 38.3 Å². The van der Waals surface area contributed by atoms with Crippen molar-refractivity contribution in [3.63, 3.8) is 0 Å². The van der Waals surface area contributed by atoms with Crippen molar-refractivity contribution in [2.24, 2.45) is 0 Å². The molecular weight excluding hydrogens is 223 g/mol. The van der Waals surface area contributed by atoms with E-state index in [1.807, 2.05) is 0 Å². The van der Waals surface area contributed by atoms with Crippen LogP contribution in [-0.4, -0.2) is 22.1 Å². The van der Waals surface area contributed by atoms with E-state index >= 15 is 0 Å². The Morgan fingerprint density at radius 2 is 1.41 bits per heavy atom. The fraction of sp³-hybridized carbons (Fsp3) is 1.00. The standard InChI is InChI=1S/C16H34P/c1-8-9-13-17(15(2,3)4,16(5,6)7)14-11-10-12-14/h14H,8-13H2,1-7H3/q+1. The first-order valence-electron chi connectivity index (χ1n) is 7.55. The minimum Gasteiger partial charge on any atom is -0.0652 e. The van der Waals surface area contributed by atoms with Gasteiger partial charge in [-0.3, -0.25) is 0 Å². The summed E-state index contributed by atoms with van der Waals surface area (Å²) < 4.78 is 0. The van der Waals surface area contributed by atoms with Crippen LogP contribution in [0.25, 0.3) is 0 Å². The van der Waals surface area contributed by atoms with E-state index in [0.717, 1.165) is 5.66 Å². The molecule has 0 aliphatic heterocycles. The fourth-order valence-electron chi connectivity index (χ4n) is 4.19. The Hall–Kier alpha value is 0.430. The molecule has 0 unspecified atom stereocenters. The lowest BCUT2D eigenvalue weighted by molar-refractivity contribution is 0.482. The molecule has 0 N–H and O–H groups in total. The van der Waals surface area contributed by atoms with Crippen LogP contribution in [0.4, 0.5) is 0 Å². The molecule has 1 fully saturated rings. The van der Waals surface area contributed by atoms with Gasteiger partial charge in [0.25, 0.3) is 0 Å². The van der Waals surface area contributed by atoms with Crippen LogP contribution in [-0.2, 0) is 0 Å². The van der Waals surface area contributed by atoms with Crippen molar-refractivity contribution in [1.29, 1.82) is 0 Å². The molecule has 0 radical (unpaired) electrons. The summed E-state index contributed by atoms with van der Waals surface area (Å²) in [5.74, 6) is 0. The second-order valence-corrected chi connectivity index (χ2v) is 13.5. The van der Waals surface area contributed by atoms with Crippen molar-refractivity contribution in [3.05, 3.63) is 0 Å². The molecule has 0 atom stereocenters. The molecule has 1 heteroatoms. The summed E-state index contributed by atoms with van der Waals surface area (Å²) in [7, 11) is -0.885. The van der Waals surface area contributed by atoms with Crippen molar-refractivity contribution < 1.29 is 0 Å². The maximum atomic E-state index is 2.53. The third-order valence-corrected chi connectivity index (χ3v) is 12.5. The third kappa shape index (κ3) is 2.73. The zero-order valence-electron chi connectivity index (χ0n) is 13.3. The smallest absolute Gasteiger partial charge is 0.0652 e. The highest BCUT2D eigenvalue weighted by Crippen LogP contribution is 2.82. The Labute approximate surface area is 110 Å². The van der Waals surface area contributed by atoms with Gasteiger partial charge in [0.1, 0.15) is 0 Å². The van der Waals surface area contributed by atoms with Gasteiger partial charge in [0, 0.05) is 7.26 Å². The zero-order valence-corrected chi connectivity index (χ0v) is 14.2. The van der Waals surface area contributed by atoms with Gasteiger partial charge in [-0.15, -0.1) is 0 Å². The summed E-state index contributed by atoms with van der Waals surface area (Å²) in [5.41, 5.74) is 1.08. The van der Waals surface area contributed by atoms with E-state index in [4.69, 9.17) is 0 Å². The van der Waals surface area contributed by atoms with Crippen LogP contribution in [0.2, 0.25) is 0 Å². The summed E-state index contributed by atoms with van der Waals surface area (Å²) in [5, 5.41) is 1.07. The highest BCUT2D eigenvalue weighted by Gasteiger charge is 2.62. The molecule has 0 aromatic rings. The quantitative estimate of drug-likeness (QED) is 0.546. The van der Waals surface area contributed by atoms with Crippen molar-refractivity contribution in [3.8, 4) is 0 Å². The summed E-state index contributed by atoms with van der Waals surface area (Å²) in [4.78, 5) is 0. The number of hydrogen-bond acceptors (Lipinski definition) is 0. The van der Waals surface area contributed by atoms with E-state index in [9.17, 15) is 0 Å². The van der Waals surface area contributed by atoms with Crippen molar-refractivity contribution in [2.75, 3.05) is 6.16 Å². The van der Waals surface area contributed by atoms with Crippen molar-refractivity contribution in [1.82, 2.24) is 0 Å². The maximum Gasteiger partial charge on any atom is 0.0723 e. The Balaban J connectivity index is 3.10. The monoisotopic (exact) mass is 257 g/mol. The van der Waals surface area contributed by atoms with Crippen LogP contribution in [0.15, 0.2) is 0 Å². The van der Waals surface area contributed by atoms with E-state index < -0.39 is 7.26 Å². The highest BCUT2D eigenvalue weighted by molar-refractivity contribution is 7.79. The summed E-state index contributed by atoms with van der Waals surface area (Å²) in [6, 6.07) is 0. The van der Waals surface area contributed by atoms with E-state index in [-0.39, 0.29) is 0 Å². The van der Waals surface area contributed by atoms with Gasteiger partial charge in [-0.1, -0.05) is 13.3 Å². The van der Waals surface area contributed by atoms with Crippen LogP contribution < -0.4 is 0 Å². The average Bonchev–Trinajstić information content (AvgIpc) is 2.04. The number of hydrogen-bond donors (Lipinski definition) is 0. The molecule has 0 amide bonds. The molecule has 0 spiro atoms. The van der Waals surface area contributed by atoms with Gasteiger partial charge < -0.3 is 0 Å². The predicted octanol–water partition coefficient (Wildman–Crippen LogP) is 5.95. The summed E-state index contributed by atoms with van der Waals surface area (Å²) in [6.07, 6.45) is 8.86. The average molecular weight is 257 g/mol. The second kappa shape index (κ2) is 5.20. The molecule has 0 aromatic heterocycles. The Bertz CT molecular complexity index is 223. The predicted molar refractivity (Wildman–Crippen MR) is 83.8 cm³/mol. The van der Waals surface area contributed by atoms with Crippen molar-refractivity contribution >= 4 is 7.26 Å². The first-order chi connectivity index (χ1) is 7.67. The van der Waals surface area contributed by atoms with E-state index in [2.05, 4.69) is 48.5 Å². The SMILES string of the molecule is CCCC[P+](C1CCC1)(C(C)(C)C)C(C)(C)C. The molecule has 1 aliphatic carbocycles. The zero-order chi connectivity index (χ0) is 13.3.